The Kier molecular flexibility index (Phi) is 3.99. The number of piperidine rings is 1. The van der Waals surface area contributed by atoms with Gasteiger partial charge in [-0.15, -0.1) is 0 Å². The molecule has 1 atom stereocenters. The summed E-state index contributed by atoms with van der Waals surface area (Å²) in [6, 6.07) is 2.21. The highest BCUT2D eigenvalue weighted by Crippen LogP contribution is 2.32. The molecule has 3 heterocycles. The monoisotopic (exact) mass is 318 g/mol. The molecule has 2 aliphatic rings. The van der Waals surface area contributed by atoms with Crippen molar-refractivity contribution < 1.29 is 19.5 Å². The van der Waals surface area contributed by atoms with Crippen molar-refractivity contribution in [1.29, 1.82) is 0 Å². The van der Waals surface area contributed by atoms with Gasteiger partial charge in [0, 0.05) is 31.0 Å². The lowest BCUT2D eigenvalue weighted by Crippen LogP contribution is -2.47. The quantitative estimate of drug-likeness (QED) is 0.650. The average molecular weight is 318 g/mol. The molecule has 2 aliphatic heterocycles. The summed E-state index contributed by atoms with van der Waals surface area (Å²) >= 11 is 0. The number of amides is 4. The second-order valence-corrected chi connectivity index (χ2v) is 5.87. The molecule has 8 heteroatoms. The first-order valence-corrected chi connectivity index (χ1v) is 7.50. The van der Waals surface area contributed by atoms with Gasteiger partial charge in [0.05, 0.1) is 12.0 Å². The second-order valence-electron chi connectivity index (χ2n) is 5.87. The minimum atomic E-state index is -0.982. The Morgan fingerprint density at radius 3 is 2.70 bits per heavy atom. The Bertz CT molecular complexity index is 626. The Hall–Kier alpha value is -2.48. The second kappa shape index (κ2) is 5.96. The molecule has 0 aliphatic carbocycles. The van der Waals surface area contributed by atoms with Gasteiger partial charge in [0.2, 0.25) is 5.91 Å². The standard InChI is InChI=1S/C15H18N4O4/c20-12(8-11-13(21)18-14(22)17-11)19-6-3-15(23,4-7-19)10-2-1-5-16-9-10/h1-2,5,9,11,23H,3-4,6-8H2,(H2,17,18,21,22). The number of hydrogen-bond donors (Lipinski definition) is 3. The summed E-state index contributed by atoms with van der Waals surface area (Å²) < 4.78 is 0. The van der Waals surface area contributed by atoms with Crippen molar-refractivity contribution in [2.75, 3.05) is 13.1 Å². The van der Waals surface area contributed by atoms with E-state index in [2.05, 4.69) is 15.6 Å². The van der Waals surface area contributed by atoms with E-state index >= 15 is 0 Å². The predicted molar refractivity (Wildman–Crippen MR) is 79.0 cm³/mol. The molecule has 3 rings (SSSR count). The minimum absolute atomic E-state index is 0.0666. The van der Waals surface area contributed by atoms with Gasteiger partial charge >= 0.3 is 6.03 Å². The van der Waals surface area contributed by atoms with Gasteiger partial charge in [0.25, 0.3) is 5.91 Å². The van der Waals surface area contributed by atoms with Crippen LogP contribution in [0, 0.1) is 0 Å². The van der Waals surface area contributed by atoms with Crippen LogP contribution in [0.15, 0.2) is 24.5 Å². The van der Waals surface area contributed by atoms with Crippen LogP contribution in [0.3, 0.4) is 0 Å². The van der Waals surface area contributed by atoms with Gasteiger partial charge in [-0.25, -0.2) is 4.79 Å². The Morgan fingerprint density at radius 1 is 1.39 bits per heavy atom. The zero-order valence-corrected chi connectivity index (χ0v) is 12.5. The molecule has 122 valence electrons. The van der Waals surface area contributed by atoms with E-state index in [9.17, 15) is 19.5 Å². The molecule has 0 aromatic carbocycles. The largest absolute Gasteiger partial charge is 0.385 e. The first-order chi connectivity index (χ1) is 11.0. The SMILES string of the molecule is O=C1NC(=O)C(CC(=O)N2CCC(O)(c3cccnc3)CC2)N1. The topological polar surface area (TPSA) is 112 Å². The fourth-order valence-electron chi connectivity index (χ4n) is 2.96. The van der Waals surface area contributed by atoms with Crippen molar-refractivity contribution in [1.82, 2.24) is 20.5 Å². The molecule has 3 N–H and O–H groups in total. The van der Waals surface area contributed by atoms with Crippen LogP contribution in [0.1, 0.15) is 24.8 Å². The lowest BCUT2D eigenvalue weighted by Gasteiger charge is -2.38. The number of nitrogens with one attached hydrogen (secondary N) is 2. The maximum atomic E-state index is 12.3. The molecule has 2 saturated heterocycles. The van der Waals surface area contributed by atoms with E-state index in [0.717, 1.165) is 5.56 Å². The van der Waals surface area contributed by atoms with Crippen LogP contribution in [0.4, 0.5) is 4.79 Å². The number of likely N-dealkylation sites (tertiary alicyclic amines) is 1. The first kappa shape index (κ1) is 15.4. The molecular weight excluding hydrogens is 300 g/mol. The number of aromatic nitrogens is 1. The molecule has 23 heavy (non-hydrogen) atoms. The summed E-state index contributed by atoms with van der Waals surface area (Å²) in [5.41, 5.74) is -0.237. The van der Waals surface area contributed by atoms with Crippen LogP contribution in [0.25, 0.3) is 0 Å². The predicted octanol–water partition coefficient (Wildman–Crippen LogP) is -0.510. The number of imide groups is 1. The molecular formula is C15H18N4O4. The normalized spacial score (nSPS) is 23.3. The lowest BCUT2D eigenvalue weighted by molar-refractivity contribution is -0.138. The van der Waals surface area contributed by atoms with Gasteiger partial charge in [-0.2, -0.15) is 0 Å². The van der Waals surface area contributed by atoms with E-state index in [4.69, 9.17) is 0 Å². The molecule has 1 aromatic rings. The van der Waals surface area contributed by atoms with E-state index in [-0.39, 0.29) is 12.3 Å². The number of carbonyl (C=O) groups excluding carboxylic acids is 3. The van der Waals surface area contributed by atoms with Crippen LogP contribution < -0.4 is 10.6 Å². The zero-order chi connectivity index (χ0) is 16.4. The van der Waals surface area contributed by atoms with E-state index in [1.165, 1.54) is 0 Å². The highest BCUT2D eigenvalue weighted by atomic mass is 16.3. The number of carbonyl (C=O) groups is 3. The van der Waals surface area contributed by atoms with Crippen molar-refractivity contribution in [2.24, 2.45) is 0 Å². The van der Waals surface area contributed by atoms with Gasteiger partial charge in [0.1, 0.15) is 6.04 Å². The summed E-state index contributed by atoms with van der Waals surface area (Å²) in [5, 5.41) is 15.2. The Balaban J connectivity index is 1.57. The van der Waals surface area contributed by atoms with E-state index in [1.54, 1.807) is 23.4 Å². The number of nitrogens with zero attached hydrogens (tertiary/aromatic N) is 2. The molecule has 0 spiro atoms. The zero-order valence-electron chi connectivity index (χ0n) is 12.5. The van der Waals surface area contributed by atoms with Gasteiger partial charge in [-0.05, 0) is 18.9 Å². The van der Waals surface area contributed by atoms with Crippen molar-refractivity contribution >= 4 is 17.8 Å². The maximum Gasteiger partial charge on any atom is 0.322 e. The molecule has 1 aromatic heterocycles. The third-order valence-electron chi connectivity index (χ3n) is 4.38. The highest BCUT2D eigenvalue weighted by molar-refractivity contribution is 6.05. The van der Waals surface area contributed by atoms with Crippen molar-refractivity contribution in [2.45, 2.75) is 30.9 Å². The van der Waals surface area contributed by atoms with Gasteiger partial charge < -0.3 is 15.3 Å². The third kappa shape index (κ3) is 3.16. The van der Waals surface area contributed by atoms with Crippen LogP contribution in [0.2, 0.25) is 0 Å². The maximum absolute atomic E-state index is 12.3. The van der Waals surface area contributed by atoms with Crippen LogP contribution in [0.5, 0.6) is 0 Å². The molecule has 8 nitrogen and oxygen atoms in total. The van der Waals surface area contributed by atoms with Crippen LogP contribution >= 0.6 is 0 Å². The van der Waals surface area contributed by atoms with Gasteiger partial charge in [-0.1, -0.05) is 6.07 Å². The summed E-state index contributed by atoms with van der Waals surface area (Å²) in [5.74, 6) is -0.687. The van der Waals surface area contributed by atoms with Gasteiger partial charge in [-0.3, -0.25) is 19.9 Å². The average Bonchev–Trinajstić information content (AvgIpc) is 2.86. The number of aliphatic hydroxyl groups is 1. The number of urea groups is 1. The van der Waals surface area contributed by atoms with E-state index < -0.39 is 23.6 Å². The van der Waals surface area contributed by atoms with Crippen molar-refractivity contribution in [3.63, 3.8) is 0 Å². The van der Waals surface area contributed by atoms with Crippen molar-refractivity contribution in [3.05, 3.63) is 30.1 Å². The number of rotatable bonds is 3. The molecule has 0 radical (unpaired) electrons. The smallest absolute Gasteiger partial charge is 0.322 e. The molecule has 4 amide bonds. The van der Waals surface area contributed by atoms with E-state index in [1.807, 2.05) is 6.07 Å². The number of pyridine rings is 1. The fourth-order valence-corrected chi connectivity index (χ4v) is 2.96. The first-order valence-electron chi connectivity index (χ1n) is 7.50. The lowest BCUT2D eigenvalue weighted by atomic mass is 9.85. The summed E-state index contributed by atoms with van der Waals surface area (Å²) in [6.45, 7) is 0.791. The summed E-state index contributed by atoms with van der Waals surface area (Å²) in [7, 11) is 0. The molecule has 0 bridgehead atoms. The number of hydrogen-bond acceptors (Lipinski definition) is 5. The minimum Gasteiger partial charge on any atom is -0.385 e. The highest BCUT2D eigenvalue weighted by Gasteiger charge is 2.37. The summed E-state index contributed by atoms with van der Waals surface area (Å²) in [6.07, 6.45) is 4.03. The summed E-state index contributed by atoms with van der Waals surface area (Å²) in [4.78, 5) is 40.4. The van der Waals surface area contributed by atoms with Crippen LogP contribution in [-0.2, 0) is 15.2 Å². The molecule has 1 unspecified atom stereocenters. The van der Waals surface area contributed by atoms with Crippen molar-refractivity contribution in [3.8, 4) is 0 Å². The van der Waals surface area contributed by atoms with Gasteiger partial charge in [0.15, 0.2) is 0 Å². The Labute approximate surface area is 132 Å². The Morgan fingerprint density at radius 2 is 2.13 bits per heavy atom. The molecule has 0 saturated carbocycles. The fraction of sp³-hybridized carbons (Fsp3) is 0.467. The third-order valence-corrected chi connectivity index (χ3v) is 4.38. The molecule has 2 fully saturated rings. The van der Waals surface area contributed by atoms with Crippen LogP contribution in [-0.4, -0.2) is 52.0 Å². The van der Waals surface area contributed by atoms with E-state index in [0.29, 0.717) is 25.9 Å².